The summed E-state index contributed by atoms with van der Waals surface area (Å²) in [6.07, 6.45) is -0.324. The number of aliphatic hydroxyl groups is 1. The molecular formula is C20H29NO4S. The van der Waals surface area contributed by atoms with Crippen molar-refractivity contribution in [2.24, 2.45) is 0 Å². The van der Waals surface area contributed by atoms with Crippen LogP contribution in [-0.4, -0.2) is 33.0 Å². The van der Waals surface area contributed by atoms with Gasteiger partial charge in [-0.1, -0.05) is 23.9 Å². The summed E-state index contributed by atoms with van der Waals surface area (Å²) < 4.78 is 12.4. The van der Waals surface area contributed by atoms with Gasteiger partial charge in [-0.05, 0) is 78.6 Å². The number of amides is 1. The molecule has 1 aromatic carbocycles. The van der Waals surface area contributed by atoms with E-state index in [9.17, 15) is 9.90 Å². The van der Waals surface area contributed by atoms with Gasteiger partial charge in [0.1, 0.15) is 11.3 Å². The van der Waals surface area contributed by atoms with Crippen molar-refractivity contribution in [3.8, 4) is 0 Å². The van der Waals surface area contributed by atoms with Crippen molar-refractivity contribution in [2.45, 2.75) is 70.9 Å². The van der Waals surface area contributed by atoms with Crippen LogP contribution in [0.5, 0.6) is 0 Å². The molecule has 0 heterocycles. The van der Waals surface area contributed by atoms with Gasteiger partial charge in [0.15, 0.2) is 0 Å². The third-order valence-electron chi connectivity index (χ3n) is 2.71. The van der Waals surface area contributed by atoms with E-state index in [0.29, 0.717) is 0 Å². The minimum Gasteiger partial charge on any atom is -0.443 e. The molecule has 1 N–H and O–H groups in total. The number of carbonyl (C=O) groups is 1. The van der Waals surface area contributed by atoms with E-state index in [0.717, 1.165) is 16.8 Å². The summed E-state index contributed by atoms with van der Waals surface area (Å²) in [5, 5.41) is 10.6. The van der Waals surface area contributed by atoms with Gasteiger partial charge in [0.05, 0.1) is 5.60 Å². The topological polar surface area (TPSA) is 59.0 Å². The predicted octanol–water partition coefficient (Wildman–Crippen LogP) is 5.12. The number of aliphatic hydroxyl groups excluding tert-OH is 1. The van der Waals surface area contributed by atoms with Gasteiger partial charge >= 0.3 is 6.09 Å². The lowest BCUT2D eigenvalue weighted by molar-refractivity contribution is -0.149. The molecule has 26 heavy (non-hydrogen) atoms. The zero-order valence-electron chi connectivity index (χ0n) is 16.6. The van der Waals surface area contributed by atoms with E-state index in [1.807, 2.05) is 51.1 Å². The molecular weight excluding hydrogens is 350 g/mol. The first-order valence-corrected chi connectivity index (χ1v) is 9.23. The lowest BCUT2D eigenvalue weighted by Crippen LogP contribution is -2.38. The van der Waals surface area contributed by atoms with E-state index in [1.165, 1.54) is 4.31 Å². The molecule has 1 unspecified atom stereocenters. The van der Waals surface area contributed by atoms with Gasteiger partial charge in [0.25, 0.3) is 0 Å². The summed E-state index contributed by atoms with van der Waals surface area (Å²) >= 11 is 1.14. The Bertz CT molecular complexity index is 653. The molecule has 0 fully saturated rings. The summed E-state index contributed by atoms with van der Waals surface area (Å²) in [5.74, 6) is 0. The molecule has 1 atom stereocenters. The molecule has 0 spiro atoms. The maximum atomic E-state index is 12.8. The second-order valence-electron chi connectivity index (χ2n) is 7.58. The van der Waals surface area contributed by atoms with Crippen molar-refractivity contribution >= 4 is 18.0 Å². The third-order valence-corrected chi connectivity index (χ3v) is 3.72. The van der Waals surface area contributed by atoms with Crippen LogP contribution in [0.1, 0.15) is 48.5 Å². The molecule has 0 radical (unpaired) electrons. The summed E-state index contributed by atoms with van der Waals surface area (Å²) in [5.41, 5.74) is 1.81. The third kappa shape index (κ3) is 8.11. The number of benzene rings is 1. The predicted molar refractivity (Wildman–Crippen MR) is 104 cm³/mol. The van der Waals surface area contributed by atoms with E-state index in [4.69, 9.17) is 9.47 Å². The maximum Gasteiger partial charge on any atom is 0.425 e. The van der Waals surface area contributed by atoms with Crippen LogP contribution in [0.3, 0.4) is 0 Å². The highest BCUT2D eigenvalue weighted by atomic mass is 32.2. The van der Waals surface area contributed by atoms with E-state index < -0.39 is 23.6 Å². The quantitative estimate of drug-likeness (QED) is 0.437. The Morgan fingerprint density at radius 3 is 2.19 bits per heavy atom. The van der Waals surface area contributed by atoms with E-state index in [1.54, 1.807) is 33.8 Å². The first kappa shape index (κ1) is 22.3. The van der Waals surface area contributed by atoms with Crippen LogP contribution in [0.25, 0.3) is 0 Å². The molecule has 0 aromatic heterocycles. The Hall–Kier alpha value is -1.72. The fourth-order valence-corrected chi connectivity index (χ4v) is 2.69. The number of hydrogen-bond donors (Lipinski definition) is 1. The summed E-state index contributed by atoms with van der Waals surface area (Å²) in [6, 6.07) is 9.37. The van der Waals surface area contributed by atoms with Gasteiger partial charge in [-0.3, -0.25) is 0 Å². The Labute approximate surface area is 160 Å². The maximum absolute atomic E-state index is 12.8. The highest BCUT2D eigenvalue weighted by Crippen LogP contribution is 2.31. The van der Waals surface area contributed by atoms with Gasteiger partial charge in [-0.15, -0.1) is 0 Å². The summed E-state index contributed by atoms with van der Waals surface area (Å²) in [7, 11) is 0. The fourth-order valence-electron chi connectivity index (χ4n) is 1.84. The van der Waals surface area contributed by atoms with Crippen LogP contribution in [0, 0.1) is 0 Å². The zero-order valence-corrected chi connectivity index (χ0v) is 17.4. The van der Waals surface area contributed by atoms with Crippen LogP contribution < -0.4 is 0 Å². The second kappa shape index (κ2) is 9.28. The molecule has 0 aliphatic rings. The average Bonchev–Trinajstić information content (AvgIpc) is 2.48. The number of hydrogen-bond acceptors (Lipinski definition) is 5. The van der Waals surface area contributed by atoms with Crippen molar-refractivity contribution in [1.29, 1.82) is 0 Å². The second-order valence-corrected chi connectivity index (χ2v) is 8.60. The highest BCUT2D eigenvalue weighted by molar-refractivity contribution is 7.97. The number of carbonyl (C=O) groups excluding carboxylic acids is 1. The molecule has 0 aliphatic heterocycles. The largest absolute Gasteiger partial charge is 0.443 e. The highest BCUT2D eigenvalue weighted by Gasteiger charge is 2.32. The SMILES string of the molecule is CC=C=C(C(O)OC(C)(C)C)N(Sc1ccccc1)C(=O)OC(C)(C)C. The first-order chi connectivity index (χ1) is 11.9. The normalized spacial score (nSPS) is 12.8. The Balaban J connectivity index is 3.25. The first-order valence-electron chi connectivity index (χ1n) is 8.46. The van der Waals surface area contributed by atoms with Crippen LogP contribution in [-0.2, 0) is 9.47 Å². The zero-order chi connectivity index (χ0) is 20.0. The number of nitrogens with zero attached hydrogens (tertiary/aromatic N) is 1. The molecule has 0 saturated carbocycles. The molecule has 144 valence electrons. The van der Waals surface area contributed by atoms with E-state index in [2.05, 4.69) is 5.73 Å². The van der Waals surface area contributed by atoms with Crippen molar-refractivity contribution in [2.75, 3.05) is 0 Å². The van der Waals surface area contributed by atoms with Crippen LogP contribution in [0.2, 0.25) is 0 Å². The van der Waals surface area contributed by atoms with Crippen molar-refractivity contribution in [3.05, 3.63) is 47.8 Å². The monoisotopic (exact) mass is 379 g/mol. The average molecular weight is 380 g/mol. The van der Waals surface area contributed by atoms with Crippen LogP contribution >= 0.6 is 11.9 Å². The molecule has 0 bridgehead atoms. The van der Waals surface area contributed by atoms with Gasteiger partial charge in [-0.25, -0.2) is 9.10 Å². The Morgan fingerprint density at radius 2 is 1.73 bits per heavy atom. The lowest BCUT2D eigenvalue weighted by Gasteiger charge is -2.31. The molecule has 1 rings (SSSR count). The Morgan fingerprint density at radius 1 is 1.15 bits per heavy atom. The van der Waals surface area contributed by atoms with Crippen molar-refractivity contribution in [3.63, 3.8) is 0 Å². The van der Waals surface area contributed by atoms with Crippen molar-refractivity contribution in [1.82, 2.24) is 4.31 Å². The number of rotatable bonds is 5. The molecule has 1 aromatic rings. The fraction of sp³-hybridized carbons (Fsp3) is 0.500. The van der Waals surface area contributed by atoms with E-state index in [-0.39, 0.29) is 5.70 Å². The summed E-state index contributed by atoms with van der Waals surface area (Å²) in [4.78, 5) is 13.6. The van der Waals surface area contributed by atoms with Gasteiger partial charge in [0.2, 0.25) is 6.29 Å². The molecule has 0 saturated heterocycles. The van der Waals surface area contributed by atoms with E-state index >= 15 is 0 Å². The Kier molecular flexibility index (Phi) is 7.97. The number of ether oxygens (including phenoxy) is 2. The van der Waals surface area contributed by atoms with Gasteiger partial charge in [0, 0.05) is 4.90 Å². The van der Waals surface area contributed by atoms with Crippen molar-refractivity contribution < 1.29 is 19.4 Å². The smallest absolute Gasteiger partial charge is 0.425 e. The standard InChI is InChI=1S/C20H29NO4S/c1-8-12-16(17(22)24-19(2,3)4)21(18(23)25-20(5,6)7)26-15-13-10-9-11-14-15/h8-11,13-14,17,22H,1-7H3. The molecule has 5 nitrogen and oxygen atoms in total. The summed E-state index contributed by atoms with van der Waals surface area (Å²) in [6.45, 7) is 12.6. The minimum atomic E-state index is -1.34. The molecule has 1 amide bonds. The van der Waals surface area contributed by atoms with Crippen LogP contribution in [0.15, 0.2) is 52.7 Å². The molecule has 0 aliphatic carbocycles. The lowest BCUT2D eigenvalue weighted by atomic mass is 10.2. The van der Waals surface area contributed by atoms with Gasteiger partial charge in [-0.2, -0.15) is 0 Å². The minimum absolute atomic E-state index is 0.172. The molecule has 6 heteroatoms. The van der Waals surface area contributed by atoms with Gasteiger partial charge < -0.3 is 14.6 Å². The van der Waals surface area contributed by atoms with Crippen LogP contribution in [0.4, 0.5) is 4.79 Å².